The van der Waals surface area contributed by atoms with E-state index >= 15 is 0 Å². The van der Waals surface area contributed by atoms with Crippen LogP contribution >= 0.6 is 0 Å². The number of rotatable bonds is 4. The number of hydrogen-bond donors (Lipinski definition) is 1. The zero-order valence-electron chi connectivity index (χ0n) is 13.2. The van der Waals surface area contributed by atoms with Crippen LogP contribution in [0.3, 0.4) is 0 Å². The minimum Gasteiger partial charge on any atom is -0.466 e. The molecule has 0 aliphatic carbocycles. The Kier molecular flexibility index (Phi) is 3.97. The van der Waals surface area contributed by atoms with Crippen LogP contribution in [-0.4, -0.2) is 16.1 Å². The fourth-order valence-electron chi connectivity index (χ4n) is 2.28. The number of anilines is 1. The zero-order chi connectivity index (χ0) is 16.4. The zero-order valence-corrected chi connectivity index (χ0v) is 13.2. The van der Waals surface area contributed by atoms with E-state index in [0.717, 1.165) is 5.56 Å². The molecule has 0 aliphatic heterocycles. The average Bonchev–Trinajstić information content (AvgIpc) is 3.07. The van der Waals surface area contributed by atoms with Gasteiger partial charge in [-0.3, -0.25) is 10.1 Å². The molecule has 3 rings (SSSR count). The van der Waals surface area contributed by atoms with Gasteiger partial charge < -0.3 is 8.83 Å². The van der Waals surface area contributed by atoms with Gasteiger partial charge in [-0.15, -0.1) is 5.10 Å². The lowest BCUT2D eigenvalue weighted by Gasteiger charge is -1.99. The van der Waals surface area contributed by atoms with Gasteiger partial charge in [0.15, 0.2) is 0 Å². The second-order valence-corrected chi connectivity index (χ2v) is 5.44. The monoisotopic (exact) mass is 311 g/mol. The molecule has 0 saturated carbocycles. The third-order valence-corrected chi connectivity index (χ3v) is 3.45. The number of amides is 1. The molecule has 23 heavy (non-hydrogen) atoms. The number of hydrogen-bond acceptors (Lipinski definition) is 5. The molecular weight excluding hydrogens is 294 g/mol. The highest BCUT2D eigenvalue weighted by Crippen LogP contribution is 2.17. The van der Waals surface area contributed by atoms with Crippen molar-refractivity contribution in [2.24, 2.45) is 0 Å². The van der Waals surface area contributed by atoms with Crippen molar-refractivity contribution >= 4 is 11.9 Å². The molecule has 0 radical (unpaired) electrons. The Morgan fingerprint density at radius 3 is 2.48 bits per heavy atom. The van der Waals surface area contributed by atoms with Crippen molar-refractivity contribution in [1.29, 1.82) is 0 Å². The molecule has 6 heteroatoms. The quantitative estimate of drug-likeness (QED) is 0.798. The fraction of sp³-hybridized carbons (Fsp3) is 0.235. The first-order valence-corrected chi connectivity index (χ1v) is 7.27. The van der Waals surface area contributed by atoms with Crippen LogP contribution in [0.15, 0.2) is 39.2 Å². The van der Waals surface area contributed by atoms with Crippen molar-refractivity contribution in [2.75, 3.05) is 5.32 Å². The van der Waals surface area contributed by atoms with E-state index in [1.807, 2.05) is 31.2 Å². The minimum absolute atomic E-state index is 0.0790. The van der Waals surface area contributed by atoms with Crippen LogP contribution in [0.2, 0.25) is 0 Å². The van der Waals surface area contributed by atoms with Crippen molar-refractivity contribution in [3.8, 4) is 0 Å². The van der Waals surface area contributed by atoms with E-state index in [0.29, 0.717) is 29.4 Å². The first-order chi connectivity index (χ1) is 11.0. The molecule has 0 aliphatic rings. The van der Waals surface area contributed by atoms with E-state index < -0.39 is 0 Å². The third kappa shape index (κ3) is 3.48. The van der Waals surface area contributed by atoms with Gasteiger partial charge in [-0.05, 0) is 32.4 Å². The lowest BCUT2D eigenvalue weighted by atomic mass is 10.1. The van der Waals surface area contributed by atoms with Crippen molar-refractivity contribution in [3.05, 3.63) is 64.4 Å². The lowest BCUT2D eigenvalue weighted by Crippen LogP contribution is -2.12. The second kappa shape index (κ2) is 6.08. The summed E-state index contributed by atoms with van der Waals surface area (Å²) in [6, 6.07) is 9.82. The van der Waals surface area contributed by atoms with Gasteiger partial charge in [-0.25, -0.2) is 0 Å². The molecular formula is C17H17N3O3. The molecule has 0 spiro atoms. The Labute approximate surface area is 133 Å². The maximum absolute atomic E-state index is 12.2. The normalized spacial score (nSPS) is 10.7. The maximum Gasteiger partial charge on any atom is 0.322 e. The van der Waals surface area contributed by atoms with E-state index in [2.05, 4.69) is 15.5 Å². The standard InChI is InChI=1S/C17H17N3O3/c1-10-4-6-13(7-5-10)9-15-19-20-17(23-15)18-16(21)14-8-11(2)22-12(14)3/h4-8H,9H2,1-3H3,(H,18,20,21). The van der Waals surface area contributed by atoms with Crippen LogP contribution < -0.4 is 5.32 Å². The minimum atomic E-state index is -0.329. The average molecular weight is 311 g/mol. The van der Waals surface area contributed by atoms with Crippen LogP contribution in [-0.2, 0) is 6.42 Å². The van der Waals surface area contributed by atoms with Crippen molar-refractivity contribution in [2.45, 2.75) is 27.2 Å². The van der Waals surface area contributed by atoms with Gasteiger partial charge in [0, 0.05) is 0 Å². The summed E-state index contributed by atoms with van der Waals surface area (Å²) in [5, 5.41) is 10.4. The molecule has 2 aromatic heterocycles. The van der Waals surface area contributed by atoms with E-state index in [9.17, 15) is 4.79 Å². The summed E-state index contributed by atoms with van der Waals surface area (Å²) in [7, 11) is 0. The molecule has 1 N–H and O–H groups in total. The van der Waals surface area contributed by atoms with Crippen LogP contribution in [0.25, 0.3) is 0 Å². The summed E-state index contributed by atoms with van der Waals surface area (Å²) in [6.45, 7) is 5.55. The summed E-state index contributed by atoms with van der Waals surface area (Å²) < 4.78 is 10.8. The van der Waals surface area contributed by atoms with Gasteiger partial charge in [0.05, 0.1) is 12.0 Å². The van der Waals surface area contributed by atoms with Crippen LogP contribution in [0.4, 0.5) is 6.01 Å². The molecule has 0 unspecified atom stereocenters. The number of nitrogens with one attached hydrogen (secondary N) is 1. The van der Waals surface area contributed by atoms with Gasteiger partial charge in [0.2, 0.25) is 5.89 Å². The number of carbonyl (C=O) groups excluding carboxylic acids is 1. The number of nitrogens with zero attached hydrogens (tertiary/aromatic N) is 2. The van der Waals surface area contributed by atoms with Gasteiger partial charge >= 0.3 is 6.01 Å². The Bertz CT molecular complexity index is 831. The SMILES string of the molecule is Cc1ccc(Cc2nnc(NC(=O)c3cc(C)oc3C)o2)cc1. The highest BCUT2D eigenvalue weighted by molar-refractivity contribution is 6.03. The molecule has 0 fully saturated rings. The maximum atomic E-state index is 12.2. The van der Waals surface area contributed by atoms with E-state index in [-0.39, 0.29) is 11.9 Å². The molecule has 0 atom stereocenters. The number of aromatic nitrogens is 2. The Hall–Kier alpha value is -2.89. The number of aryl methyl sites for hydroxylation is 3. The number of carbonyl (C=O) groups is 1. The predicted octanol–water partition coefficient (Wildman–Crippen LogP) is 3.43. The molecule has 1 amide bonds. The topological polar surface area (TPSA) is 81.2 Å². The van der Waals surface area contributed by atoms with Crippen molar-refractivity contribution in [3.63, 3.8) is 0 Å². The smallest absolute Gasteiger partial charge is 0.322 e. The molecule has 1 aromatic carbocycles. The van der Waals surface area contributed by atoms with Crippen LogP contribution in [0, 0.1) is 20.8 Å². The Balaban J connectivity index is 1.68. The first kappa shape index (κ1) is 15.0. The van der Waals surface area contributed by atoms with Gasteiger partial charge in [0.25, 0.3) is 5.91 Å². The molecule has 0 bridgehead atoms. The molecule has 2 heterocycles. The molecule has 3 aromatic rings. The molecule has 118 valence electrons. The van der Waals surface area contributed by atoms with E-state index in [4.69, 9.17) is 8.83 Å². The molecule has 6 nitrogen and oxygen atoms in total. The summed E-state index contributed by atoms with van der Waals surface area (Å²) in [4.78, 5) is 12.2. The largest absolute Gasteiger partial charge is 0.466 e. The number of furan rings is 1. The highest BCUT2D eigenvalue weighted by atomic mass is 16.4. The van der Waals surface area contributed by atoms with Gasteiger partial charge in [0.1, 0.15) is 11.5 Å². The summed E-state index contributed by atoms with van der Waals surface area (Å²) in [6.07, 6.45) is 0.521. The third-order valence-electron chi connectivity index (χ3n) is 3.45. The fourth-order valence-corrected chi connectivity index (χ4v) is 2.28. The molecule has 0 saturated heterocycles. The highest BCUT2D eigenvalue weighted by Gasteiger charge is 2.16. The van der Waals surface area contributed by atoms with E-state index in [1.54, 1.807) is 19.9 Å². The van der Waals surface area contributed by atoms with Crippen LogP contribution in [0.1, 0.15) is 38.9 Å². The summed E-state index contributed by atoms with van der Waals surface area (Å²) in [5.41, 5.74) is 2.72. The lowest BCUT2D eigenvalue weighted by molar-refractivity contribution is 0.102. The summed E-state index contributed by atoms with van der Waals surface area (Å²) >= 11 is 0. The van der Waals surface area contributed by atoms with E-state index in [1.165, 1.54) is 5.56 Å². The van der Waals surface area contributed by atoms with Crippen molar-refractivity contribution in [1.82, 2.24) is 10.2 Å². The first-order valence-electron chi connectivity index (χ1n) is 7.27. The summed E-state index contributed by atoms with van der Waals surface area (Å²) in [5.74, 6) is 1.35. The van der Waals surface area contributed by atoms with Crippen LogP contribution in [0.5, 0.6) is 0 Å². The number of benzene rings is 1. The van der Waals surface area contributed by atoms with Gasteiger partial charge in [-0.1, -0.05) is 34.9 Å². The Morgan fingerprint density at radius 1 is 1.09 bits per heavy atom. The second-order valence-electron chi connectivity index (χ2n) is 5.44. The predicted molar refractivity (Wildman–Crippen MR) is 84.4 cm³/mol. The van der Waals surface area contributed by atoms with Gasteiger partial charge in [-0.2, -0.15) is 0 Å². The Morgan fingerprint density at radius 2 is 1.83 bits per heavy atom. The van der Waals surface area contributed by atoms with Crippen molar-refractivity contribution < 1.29 is 13.6 Å².